The van der Waals surface area contributed by atoms with Crippen LogP contribution in [-0.4, -0.2) is 11.0 Å². The zero-order valence-electron chi connectivity index (χ0n) is 15.1. The van der Waals surface area contributed by atoms with Crippen LogP contribution in [0.2, 0.25) is 0 Å². The molecule has 4 aromatic carbocycles. The molecule has 0 spiro atoms. The first-order valence-corrected chi connectivity index (χ1v) is 11.0. The summed E-state index contributed by atoms with van der Waals surface area (Å²) in [6.07, 6.45) is 1.03. The molecule has 0 aromatic heterocycles. The molecule has 0 aliphatic rings. The lowest BCUT2D eigenvalue weighted by Crippen LogP contribution is -3.00. The van der Waals surface area contributed by atoms with E-state index in [1.165, 1.54) is 21.5 Å². The topological polar surface area (TPSA) is 0 Å². The van der Waals surface area contributed by atoms with Gasteiger partial charge >= 0.3 is 0 Å². The van der Waals surface area contributed by atoms with Crippen LogP contribution in [-0.2, 0) is 6.16 Å². The third-order valence-electron chi connectivity index (χ3n) is 4.85. The molecule has 0 bridgehead atoms. The Balaban J connectivity index is 0.00000140. The number of hydrogen-bond donors (Lipinski definition) is 0. The van der Waals surface area contributed by atoms with Gasteiger partial charge in [-0.25, -0.2) is 0 Å². The largest absolute Gasteiger partial charge is 1.00 e. The Kier molecular flexibility index (Phi) is 8.20. The minimum Gasteiger partial charge on any atom is -1.00 e. The van der Waals surface area contributed by atoms with Gasteiger partial charge in [-0.05, 0) is 52.9 Å². The lowest BCUT2D eigenvalue weighted by Gasteiger charge is -2.27. The molecule has 0 amide bonds. The predicted octanol–water partition coefficient (Wildman–Crippen LogP) is 0.733. The van der Waals surface area contributed by atoms with Gasteiger partial charge in [0.05, 0.1) is 6.16 Å². The van der Waals surface area contributed by atoms with Crippen molar-refractivity contribution in [3.63, 3.8) is 0 Å². The summed E-state index contributed by atoms with van der Waals surface area (Å²) in [6.45, 7) is 0. The quantitative estimate of drug-likeness (QED) is 0.330. The Hall–Kier alpha value is -2.18. The minimum atomic E-state index is -1.78. The van der Waals surface area contributed by atoms with Gasteiger partial charge in [0.25, 0.3) is 0 Å². The Morgan fingerprint density at radius 2 is 0.714 bits per heavy atom. The minimum absolute atomic E-state index is 0. The van der Waals surface area contributed by atoms with Crippen molar-refractivity contribution in [2.45, 2.75) is 6.16 Å². The van der Waals surface area contributed by atoms with Crippen LogP contribution in [0, 0.1) is 0 Å². The van der Waals surface area contributed by atoms with E-state index in [2.05, 4.69) is 121 Å². The summed E-state index contributed by atoms with van der Waals surface area (Å²) in [7, 11) is -1.78. The lowest BCUT2D eigenvalue weighted by molar-refractivity contribution is -0.00000520. The van der Waals surface area contributed by atoms with Crippen LogP contribution in [0.25, 0.3) is 0 Å². The molecule has 28 heavy (non-hydrogen) atoms. The van der Waals surface area contributed by atoms with Gasteiger partial charge in [0, 0.05) is 0 Å². The van der Waals surface area contributed by atoms with E-state index in [1.807, 2.05) is 0 Å². The first-order valence-electron chi connectivity index (χ1n) is 8.98. The van der Waals surface area contributed by atoms with Gasteiger partial charge in [-0.1, -0.05) is 84.9 Å². The molecule has 142 valence electrons. The van der Waals surface area contributed by atoms with Crippen molar-refractivity contribution in [3.05, 3.63) is 127 Å². The van der Waals surface area contributed by atoms with Crippen molar-refractivity contribution < 1.29 is 12.4 Å². The van der Waals surface area contributed by atoms with Crippen LogP contribution in [0.15, 0.2) is 121 Å². The molecule has 0 aliphatic heterocycles. The molecule has 0 atom stereocenters. The first-order chi connectivity index (χ1) is 12.9. The Morgan fingerprint density at radius 1 is 0.429 bits per heavy atom. The van der Waals surface area contributed by atoms with E-state index in [9.17, 15) is 0 Å². The van der Waals surface area contributed by atoms with Crippen LogP contribution < -0.4 is 28.3 Å². The van der Waals surface area contributed by atoms with Crippen molar-refractivity contribution >= 4 is 34.1 Å². The molecule has 4 aromatic rings. The molecule has 0 radical (unpaired) electrons. The average molecular weight is 421 g/mol. The summed E-state index contributed by atoms with van der Waals surface area (Å²) >= 11 is 0. The molecular weight excluding hydrogens is 395 g/mol. The van der Waals surface area contributed by atoms with Gasteiger partial charge in [0.2, 0.25) is 0 Å². The Morgan fingerprint density at radius 3 is 1.04 bits per heavy atom. The van der Waals surface area contributed by atoms with E-state index < -0.39 is 7.26 Å². The molecule has 0 heterocycles. The van der Waals surface area contributed by atoms with Crippen molar-refractivity contribution in [2.24, 2.45) is 0 Å². The molecule has 4 rings (SSSR count). The van der Waals surface area contributed by atoms with Crippen LogP contribution >= 0.6 is 7.26 Å². The van der Waals surface area contributed by atoms with E-state index in [1.54, 1.807) is 0 Å². The molecule has 0 unspecified atom stereocenters. The SMILES string of the molecule is [Cl-].[SiH4].c1ccc(C[P+](c2ccccc2)(c2ccccc2)c2ccccc2)cc1. The van der Waals surface area contributed by atoms with Gasteiger partial charge in [0.15, 0.2) is 0 Å². The summed E-state index contributed by atoms with van der Waals surface area (Å²) in [4.78, 5) is 0. The number of rotatable bonds is 5. The fraction of sp³-hybridized carbons (Fsp3) is 0.0400. The van der Waals surface area contributed by atoms with Gasteiger partial charge in [-0.3, -0.25) is 0 Å². The van der Waals surface area contributed by atoms with E-state index in [0.29, 0.717) is 0 Å². The van der Waals surface area contributed by atoms with E-state index >= 15 is 0 Å². The van der Waals surface area contributed by atoms with Crippen LogP contribution in [0.5, 0.6) is 0 Å². The van der Waals surface area contributed by atoms with Gasteiger partial charge in [-0.2, -0.15) is 0 Å². The zero-order chi connectivity index (χ0) is 17.7. The average Bonchev–Trinajstić information content (AvgIpc) is 2.75. The van der Waals surface area contributed by atoms with Crippen molar-refractivity contribution in [1.82, 2.24) is 0 Å². The zero-order valence-corrected chi connectivity index (χ0v) is 16.7. The molecular formula is C25H26ClPSi. The number of halogens is 1. The van der Waals surface area contributed by atoms with E-state index in [-0.39, 0.29) is 23.4 Å². The fourth-order valence-corrected chi connectivity index (χ4v) is 7.87. The highest BCUT2D eigenvalue weighted by Crippen LogP contribution is 2.58. The second kappa shape index (κ2) is 10.4. The molecule has 0 fully saturated rings. The molecule has 0 saturated carbocycles. The Bertz CT molecular complexity index is 848. The smallest absolute Gasteiger partial charge is 0.116 e. The molecule has 0 aliphatic carbocycles. The third kappa shape index (κ3) is 4.44. The maximum Gasteiger partial charge on any atom is 0.116 e. The molecule has 0 N–H and O–H groups in total. The standard InChI is InChI=1S/C25H22P.ClH.H4Si/c1-5-13-22(14-6-1)21-26(23-15-7-2-8-16-23,24-17-9-3-10-18-24)25-19-11-4-12-20-25;;/h1-20H,21H2;1H;1H4/q+1;;/p-1. The summed E-state index contributed by atoms with van der Waals surface area (Å²) in [6, 6.07) is 44.0. The highest BCUT2D eigenvalue weighted by Gasteiger charge is 2.45. The van der Waals surface area contributed by atoms with E-state index in [4.69, 9.17) is 0 Å². The number of hydrogen-bond acceptors (Lipinski definition) is 0. The maximum absolute atomic E-state index is 2.30. The summed E-state index contributed by atoms with van der Waals surface area (Å²) < 4.78 is 0. The van der Waals surface area contributed by atoms with Gasteiger partial charge in [-0.15, -0.1) is 0 Å². The Labute approximate surface area is 179 Å². The maximum atomic E-state index is 2.30. The van der Waals surface area contributed by atoms with Crippen LogP contribution in [0.1, 0.15) is 5.56 Å². The summed E-state index contributed by atoms with van der Waals surface area (Å²) in [5, 5.41) is 4.30. The normalized spacial score (nSPS) is 10.4. The number of benzene rings is 4. The predicted molar refractivity (Wildman–Crippen MR) is 127 cm³/mol. The highest BCUT2D eigenvalue weighted by molar-refractivity contribution is 7.95. The van der Waals surface area contributed by atoms with Crippen molar-refractivity contribution in [2.75, 3.05) is 0 Å². The fourth-order valence-electron chi connectivity index (χ4n) is 3.63. The van der Waals surface area contributed by atoms with Crippen molar-refractivity contribution in [3.8, 4) is 0 Å². The van der Waals surface area contributed by atoms with Gasteiger partial charge < -0.3 is 12.4 Å². The van der Waals surface area contributed by atoms with Crippen molar-refractivity contribution in [1.29, 1.82) is 0 Å². The molecule has 3 heteroatoms. The third-order valence-corrected chi connectivity index (χ3v) is 9.23. The second-order valence-electron chi connectivity index (χ2n) is 6.46. The lowest BCUT2D eigenvalue weighted by atomic mass is 10.2. The highest BCUT2D eigenvalue weighted by atomic mass is 35.5. The molecule has 0 saturated heterocycles. The summed E-state index contributed by atoms with van der Waals surface area (Å²) in [5.41, 5.74) is 1.39. The van der Waals surface area contributed by atoms with Gasteiger partial charge in [0.1, 0.15) is 23.2 Å². The van der Waals surface area contributed by atoms with Crippen LogP contribution in [0.3, 0.4) is 0 Å². The second-order valence-corrected chi connectivity index (χ2v) is 9.95. The van der Waals surface area contributed by atoms with E-state index in [0.717, 1.165) is 6.16 Å². The first kappa shape index (κ1) is 22.1. The summed E-state index contributed by atoms with van der Waals surface area (Å²) in [5.74, 6) is 0. The monoisotopic (exact) mass is 420 g/mol. The molecule has 0 nitrogen and oxygen atoms in total. The van der Waals surface area contributed by atoms with Crippen LogP contribution in [0.4, 0.5) is 0 Å².